The molecule has 3 nitrogen and oxygen atoms in total. The number of hydrogen-bond acceptors (Lipinski definition) is 2. The van der Waals surface area contributed by atoms with Crippen molar-refractivity contribution in [3.05, 3.63) is 0 Å². The Morgan fingerprint density at radius 1 is 1.88 bits per heavy atom. The molecule has 4 heteroatoms. The summed E-state index contributed by atoms with van der Waals surface area (Å²) in [6.45, 7) is 0.984. The molecule has 0 aliphatic rings. The molecule has 0 aromatic heterocycles. The van der Waals surface area contributed by atoms with Crippen LogP contribution in [0.4, 0.5) is 0 Å². The van der Waals surface area contributed by atoms with E-state index in [2.05, 4.69) is 15.9 Å². The lowest BCUT2D eigenvalue weighted by Crippen LogP contribution is -2.31. The second-order valence-corrected chi connectivity index (χ2v) is 3.41. The van der Waals surface area contributed by atoms with Gasteiger partial charge in [0, 0.05) is 0 Å². The van der Waals surface area contributed by atoms with Gasteiger partial charge >= 0.3 is 5.97 Å². The van der Waals surface area contributed by atoms with Gasteiger partial charge in [-0.15, -0.1) is 0 Å². The standard InChI is InChI=1S/C4H7BrO3/c1-4(5,2-6)3(7)8/h6H,2H2,1H3,(H,7,8). The maximum absolute atomic E-state index is 10.0. The Morgan fingerprint density at radius 2 is 2.25 bits per heavy atom. The zero-order valence-corrected chi connectivity index (χ0v) is 5.97. The number of carbonyl (C=O) groups is 1. The Labute approximate surface area is 55.5 Å². The molecule has 0 heterocycles. The fourth-order valence-corrected chi connectivity index (χ4v) is 0.0676. The van der Waals surface area contributed by atoms with Crippen LogP contribution in [-0.2, 0) is 4.79 Å². The molecule has 0 aliphatic heterocycles. The summed E-state index contributed by atoms with van der Waals surface area (Å²) in [6.07, 6.45) is 0. The lowest BCUT2D eigenvalue weighted by atomic mass is 10.2. The molecule has 0 aromatic carbocycles. The fourth-order valence-electron chi connectivity index (χ4n) is 0.0676. The summed E-state index contributed by atoms with van der Waals surface area (Å²) >= 11 is 2.80. The van der Waals surface area contributed by atoms with E-state index in [1.54, 1.807) is 0 Å². The van der Waals surface area contributed by atoms with Gasteiger partial charge in [0.05, 0.1) is 6.61 Å². The van der Waals surface area contributed by atoms with Crippen LogP contribution in [0.1, 0.15) is 6.92 Å². The SMILES string of the molecule is CC(Br)(CO)C(=O)O. The third kappa shape index (κ3) is 1.79. The van der Waals surface area contributed by atoms with Crippen molar-refractivity contribution >= 4 is 21.9 Å². The maximum Gasteiger partial charge on any atom is 0.322 e. The number of halogens is 1. The highest BCUT2D eigenvalue weighted by Crippen LogP contribution is 2.15. The molecule has 0 aliphatic carbocycles. The van der Waals surface area contributed by atoms with Crippen molar-refractivity contribution in [2.75, 3.05) is 6.61 Å². The van der Waals surface area contributed by atoms with Crippen LogP contribution in [0, 0.1) is 0 Å². The van der Waals surface area contributed by atoms with Gasteiger partial charge in [-0.25, -0.2) is 0 Å². The first-order chi connectivity index (χ1) is 3.50. The number of alkyl halides is 1. The lowest BCUT2D eigenvalue weighted by molar-refractivity contribution is -0.140. The zero-order valence-electron chi connectivity index (χ0n) is 4.39. The highest BCUT2D eigenvalue weighted by Gasteiger charge is 2.27. The van der Waals surface area contributed by atoms with Crippen LogP contribution in [-0.4, -0.2) is 27.1 Å². The van der Waals surface area contributed by atoms with Crippen molar-refractivity contribution < 1.29 is 15.0 Å². The average Bonchev–Trinajstić information content (AvgIpc) is 1.67. The number of rotatable bonds is 2. The number of aliphatic carboxylic acids is 1. The van der Waals surface area contributed by atoms with Crippen LogP contribution >= 0.6 is 15.9 Å². The van der Waals surface area contributed by atoms with Crippen molar-refractivity contribution in [2.24, 2.45) is 0 Å². The lowest BCUT2D eigenvalue weighted by Gasteiger charge is -2.11. The molecule has 1 unspecified atom stereocenters. The first-order valence-corrected chi connectivity index (χ1v) is 2.83. The molecule has 0 saturated heterocycles. The highest BCUT2D eigenvalue weighted by atomic mass is 79.9. The minimum Gasteiger partial charge on any atom is -0.480 e. The molecule has 8 heavy (non-hydrogen) atoms. The molecule has 1 atom stereocenters. The van der Waals surface area contributed by atoms with Gasteiger partial charge in [-0.1, -0.05) is 15.9 Å². The summed E-state index contributed by atoms with van der Waals surface area (Å²) in [5, 5.41) is 16.6. The molecule has 48 valence electrons. The minimum atomic E-state index is -1.17. The minimum absolute atomic E-state index is 0.400. The van der Waals surface area contributed by atoms with Crippen LogP contribution in [0.2, 0.25) is 0 Å². The highest BCUT2D eigenvalue weighted by molar-refractivity contribution is 9.10. The van der Waals surface area contributed by atoms with Crippen LogP contribution < -0.4 is 0 Å². The van der Waals surface area contributed by atoms with Crippen molar-refractivity contribution in [2.45, 2.75) is 11.2 Å². The topological polar surface area (TPSA) is 57.5 Å². The summed E-state index contributed by atoms with van der Waals surface area (Å²) in [6, 6.07) is 0. The number of carboxylic acids is 1. The second-order valence-electron chi connectivity index (χ2n) is 1.66. The summed E-state index contributed by atoms with van der Waals surface area (Å²) in [5.74, 6) is -1.06. The Kier molecular flexibility index (Phi) is 2.43. The quantitative estimate of drug-likeness (QED) is 0.602. The van der Waals surface area contributed by atoms with E-state index in [1.807, 2.05) is 0 Å². The number of aliphatic hydroxyl groups excluding tert-OH is 1. The molecular formula is C4H7BrO3. The fraction of sp³-hybridized carbons (Fsp3) is 0.750. The van der Waals surface area contributed by atoms with Crippen LogP contribution in [0.15, 0.2) is 0 Å². The van der Waals surface area contributed by atoms with E-state index < -0.39 is 16.9 Å². The molecule has 0 aromatic rings. The summed E-state index contributed by atoms with van der Waals surface area (Å²) < 4.78 is -1.17. The molecule has 0 saturated carbocycles. The van der Waals surface area contributed by atoms with Gasteiger partial charge in [0.25, 0.3) is 0 Å². The molecule has 0 spiro atoms. The summed E-state index contributed by atoms with van der Waals surface area (Å²) in [4.78, 5) is 10.0. The number of hydrogen-bond donors (Lipinski definition) is 2. The van der Waals surface area contributed by atoms with E-state index >= 15 is 0 Å². The van der Waals surface area contributed by atoms with Crippen molar-refractivity contribution in [3.63, 3.8) is 0 Å². The normalized spacial score (nSPS) is 17.4. The maximum atomic E-state index is 10.0. The molecule has 0 radical (unpaired) electrons. The first kappa shape index (κ1) is 7.91. The van der Waals surface area contributed by atoms with Crippen molar-refractivity contribution in [1.29, 1.82) is 0 Å². The number of carboxylic acid groups (broad SMARTS) is 1. The smallest absolute Gasteiger partial charge is 0.322 e. The molecule has 0 rings (SSSR count). The summed E-state index contributed by atoms with van der Waals surface area (Å²) in [7, 11) is 0. The Balaban J connectivity index is 3.91. The van der Waals surface area contributed by atoms with Gasteiger partial charge in [0.1, 0.15) is 4.32 Å². The van der Waals surface area contributed by atoms with Gasteiger partial charge in [0.2, 0.25) is 0 Å². The third-order valence-electron chi connectivity index (χ3n) is 0.743. The molecule has 0 fully saturated rings. The van der Waals surface area contributed by atoms with Gasteiger partial charge in [-0.2, -0.15) is 0 Å². The van der Waals surface area contributed by atoms with E-state index in [-0.39, 0.29) is 0 Å². The predicted molar refractivity (Wildman–Crippen MR) is 32.1 cm³/mol. The largest absolute Gasteiger partial charge is 0.480 e. The molecule has 0 bridgehead atoms. The monoisotopic (exact) mass is 182 g/mol. The Hall–Kier alpha value is -0.0900. The van der Waals surface area contributed by atoms with E-state index in [0.717, 1.165) is 0 Å². The van der Waals surface area contributed by atoms with Crippen LogP contribution in [0.3, 0.4) is 0 Å². The van der Waals surface area contributed by atoms with E-state index in [0.29, 0.717) is 0 Å². The van der Waals surface area contributed by atoms with Gasteiger partial charge in [0.15, 0.2) is 0 Å². The number of aliphatic hydroxyl groups is 1. The zero-order chi connectivity index (χ0) is 6.78. The molecule has 0 amide bonds. The van der Waals surface area contributed by atoms with Gasteiger partial charge < -0.3 is 10.2 Å². The van der Waals surface area contributed by atoms with Crippen molar-refractivity contribution in [1.82, 2.24) is 0 Å². The van der Waals surface area contributed by atoms with Gasteiger partial charge in [-0.3, -0.25) is 4.79 Å². The molecule has 2 N–H and O–H groups in total. The van der Waals surface area contributed by atoms with E-state index in [4.69, 9.17) is 10.2 Å². The van der Waals surface area contributed by atoms with Crippen molar-refractivity contribution in [3.8, 4) is 0 Å². The Morgan fingerprint density at radius 3 is 2.25 bits per heavy atom. The van der Waals surface area contributed by atoms with Crippen LogP contribution in [0.5, 0.6) is 0 Å². The predicted octanol–water partition coefficient (Wildman–Crippen LogP) is 0.217. The molecular weight excluding hydrogens is 176 g/mol. The average molecular weight is 183 g/mol. The van der Waals surface area contributed by atoms with E-state index in [1.165, 1.54) is 6.92 Å². The van der Waals surface area contributed by atoms with E-state index in [9.17, 15) is 4.79 Å². The summed E-state index contributed by atoms with van der Waals surface area (Å²) in [5.41, 5.74) is 0. The van der Waals surface area contributed by atoms with Crippen LogP contribution in [0.25, 0.3) is 0 Å². The Bertz CT molecular complexity index is 99.5. The van der Waals surface area contributed by atoms with Gasteiger partial charge in [-0.05, 0) is 6.92 Å². The third-order valence-corrected chi connectivity index (χ3v) is 1.33. The second kappa shape index (κ2) is 2.46. The first-order valence-electron chi connectivity index (χ1n) is 2.04.